The van der Waals surface area contributed by atoms with Crippen molar-refractivity contribution in [1.29, 1.82) is 0 Å². The molecule has 2 aromatic rings. The van der Waals surface area contributed by atoms with Crippen molar-refractivity contribution < 1.29 is 0 Å². The molecule has 0 atom stereocenters. The van der Waals surface area contributed by atoms with Gasteiger partial charge in [0.05, 0.1) is 11.2 Å². The molecular formula is C12H11N3. The Morgan fingerprint density at radius 1 is 1.27 bits per heavy atom. The summed E-state index contributed by atoms with van der Waals surface area (Å²) < 4.78 is 0. The molecule has 1 aromatic heterocycles. The summed E-state index contributed by atoms with van der Waals surface area (Å²) in [5.41, 5.74) is 9.85. The van der Waals surface area contributed by atoms with Crippen LogP contribution >= 0.6 is 0 Å². The maximum absolute atomic E-state index is 5.93. The largest absolute Gasteiger partial charge is 0.398 e. The molecule has 0 spiro atoms. The van der Waals surface area contributed by atoms with E-state index in [2.05, 4.69) is 22.4 Å². The first kappa shape index (κ1) is 8.29. The summed E-state index contributed by atoms with van der Waals surface area (Å²) in [5.74, 6) is 0. The Hall–Kier alpha value is -2.03. The smallest absolute Gasteiger partial charge is 0.0940 e. The topological polar surface area (TPSA) is 50.9 Å². The Morgan fingerprint density at radius 3 is 3.13 bits per heavy atom. The van der Waals surface area contributed by atoms with Gasteiger partial charge in [0.1, 0.15) is 0 Å². The molecule has 0 saturated heterocycles. The predicted molar refractivity (Wildman–Crippen MR) is 62.4 cm³/mol. The lowest BCUT2D eigenvalue weighted by atomic mass is 10.0. The van der Waals surface area contributed by atoms with Crippen molar-refractivity contribution in [1.82, 2.24) is 4.98 Å². The molecule has 3 nitrogen and oxygen atoms in total. The Labute approximate surface area is 87.6 Å². The van der Waals surface area contributed by atoms with Crippen LogP contribution in [0.1, 0.15) is 5.56 Å². The molecule has 15 heavy (non-hydrogen) atoms. The monoisotopic (exact) mass is 197 g/mol. The lowest BCUT2D eigenvalue weighted by Crippen LogP contribution is -2.12. The van der Waals surface area contributed by atoms with Gasteiger partial charge < -0.3 is 11.1 Å². The van der Waals surface area contributed by atoms with Crippen LogP contribution in [0.4, 0.5) is 5.69 Å². The number of fused-ring (bicyclic) bond motifs is 3. The number of hydrogen-bond acceptors (Lipinski definition) is 3. The number of nitrogens with zero attached hydrogens (tertiary/aromatic N) is 1. The first-order chi connectivity index (χ1) is 7.36. The van der Waals surface area contributed by atoms with Crippen LogP contribution in [0.15, 0.2) is 36.5 Å². The first-order valence-electron chi connectivity index (χ1n) is 4.94. The lowest BCUT2D eigenvalue weighted by Gasteiger charge is -2.18. The molecule has 3 N–H and O–H groups in total. The van der Waals surface area contributed by atoms with E-state index in [1.165, 1.54) is 0 Å². The summed E-state index contributed by atoms with van der Waals surface area (Å²) in [6.07, 6.45) is 3.79. The zero-order chi connectivity index (χ0) is 10.3. The number of pyridine rings is 1. The van der Waals surface area contributed by atoms with Crippen LogP contribution in [0.5, 0.6) is 0 Å². The second kappa shape index (κ2) is 2.98. The van der Waals surface area contributed by atoms with Gasteiger partial charge in [0.15, 0.2) is 0 Å². The number of benzene rings is 1. The van der Waals surface area contributed by atoms with Gasteiger partial charge in [-0.25, -0.2) is 0 Å². The molecule has 0 fully saturated rings. The van der Waals surface area contributed by atoms with Crippen LogP contribution < -0.4 is 11.1 Å². The Morgan fingerprint density at radius 2 is 2.20 bits per heavy atom. The van der Waals surface area contributed by atoms with E-state index in [4.69, 9.17) is 5.73 Å². The first-order valence-corrected chi connectivity index (χ1v) is 4.94. The second-order valence-electron chi connectivity index (χ2n) is 3.60. The van der Waals surface area contributed by atoms with E-state index >= 15 is 0 Å². The Kier molecular flexibility index (Phi) is 1.65. The highest BCUT2D eigenvalue weighted by Crippen LogP contribution is 2.30. The maximum atomic E-state index is 5.93. The van der Waals surface area contributed by atoms with Crippen molar-refractivity contribution in [2.45, 2.75) is 0 Å². The molecular weight excluding hydrogens is 186 g/mol. The molecule has 1 aliphatic rings. The Balaban J connectivity index is 2.39. The van der Waals surface area contributed by atoms with Gasteiger partial charge in [0, 0.05) is 29.4 Å². The van der Waals surface area contributed by atoms with Gasteiger partial charge in [0.25, 0.3) is 0 Å². The van der Waals surface area contributed by atoms with E-state index in [-0.39, 0.29) is 0 Å². The van der Waals surface area contributed by atoms with E-state index in [0.717, 1.165) is 34.4 Å². The maximum Gasteiger partial charge on any atom is 0.0940 e. The number of nitrogens with one attached hydrogen (secondary N) is 1. The van der Waals surface area contributed by atoms with Gasteiger partial charge >= 0.3 is 0 Å². The molecule has 0 bridgehead atoms. The fraction of sp³-hybridized carbons (Fsp3) is 0.0833. The summed E-state index contributed by atoms with van der Waals surface area (Å²) in [5, 5.41) is 4.45. The van der Waals surface area contributed by atoms with Gasteiger partial charge in [-0.05, 0) is 12.1 Å². The third-order valence-electron chi connectivity index (χ3n) is 2.69. The van der Waals surface area contributed by atoms with Crippen molar-refractivity contribution in [2.75, 3.05) is 11.9 Å². The highest BCUT2D eigenvalue weighted by atomic mass is 14.9. The third kappa shape index (κ3) is 1.16. The minimum atomic E-state index is 0.772. The third-order valence-corrected chi connectivity index (χ3v) is 2.69. The number of anilines is 1. The van der Waals surface area contributed by atoms with E-state index in [0.29, 0.717) is 0 Å². The molecule has 0 aliphatic carbocycles. The van der Waals surface area contributed by atoms with Crippen LogP contribution in [0.2, 0.25) is 0 Å². The number of rotatable bonds is 0. The SMILES string of the molecule is NC1=CCNc2c1ccc1cccnc21. The van der Waals surface area contributed by atoms with Crippen molar-refractivity contribution in [3.63, 3.8) is 0 Å². The minimum Gasteiger partial charge on any atom is -0.398 e. The standard InChI is InChI=1S/C12H11N3/c13-10-5-7-15-12-9(10)4-3-8-2-1-6-14-11(8)12/h1-6,15H,7,13H2. The lowest BCUT2D eigenvalue weighted by molar-refractivity contribution is 1.27. The zero-order valence-corrected chi connectivity index (χ0v) is 8.20. The molecule has 3 heteroatoms. The molecule has 0 amide bonds. The highest BCUT2D eigenvalue weighted by Gasteiger charge is 2.12. The normalized spacial score (nSPS) is 14.3. The van der Waals surface area contributed by atoms with Gasteiger partial charge in [0.2, 0.25) is 0 Å². The van der Waals surface area contributed by atoms with Crippen LogP contribution in [0, 0.1) is 0 Å². The van der Waals surface area contributed by atoms with E-state index in [1.54, 1.807) is 6.20 Å². The summed E-state index contributed by atoms with van der Waals surface area (Å²) in [7, 11) is 0. The van der Waals surface area contributed by atoms with E-state index in [9.17, 15) is 0 Å². The molecule has 0 radical (unpaired) electrons. The average molecular weight is 197 g/mol. The quantitative estimate of drug-likeness (QED) is 0.678. The van der Waals surface area contributed by atoms with Crippen molar-refractivity contribution in [3.05, 3.63) is 42.1 Å². The van der Waals surface area contributed by atoms with Crippen molar-refractivity contribution >= 4 is 22.3 Å². The summed E-state index contributed by atoms with van der Waals surface area (Å²) >= 11 is 0. The van der Waals surface area contributed by atoms with Gasteiger partial charge in [-0.1, -0.05) is 18.2 Å². The Bertz CT molecular complexity index is 558. The van der Waals surface area contributed by atoms with Crippen molar-refractivity contribution in [3.8, 4) is 0 Å². The summed E-state index contributed by atoms with van der Waals surface area (Å²) in [4.78, 5) is 4.38. The summed E-state index contributed by atoms with van der Waals surface area (Å²) in [6.45, 7) is 0.772. The van der Waals surface area contributed by atoms with E-state index in [1.807, 2.05) is 18.2 Å². The fourth-order valence-electron chi connectivity index (χ4n) is 1.94. The molecule has 3 rings (SSSR count). The number of hydrogen-bond donors (Lipinski definition) is 2. The fourth-order valence-corrected chi connectivity index (χ4v) is 1.94. The van der Waals surface area contributed by atoms with Crippen molar-refractivity contribution in [2.24, 2.45) is 5.73 Å². The number of aromatic nitrogens is 1. The van der Waals surface area contributed by atoms with Gasteiger partial charge in [-0.3, -0.25) is 4.98 Å². The van der Waals surface area contributed by atoms with E-state index < -0.39 is 0 Å². The molecule has 1 aromatic carbocycles. The second-order valence-corrected chi connectivity index (χ2v) is 3.60. The van der Waals surface area contributed by atoms with Crippen LogP contribution in [-0.4, -0.2) is 11.5 Å². The molecule has 0 unspecified atom stereocenters. The molecule has 1 aliphatic heterocycles. The minimum absolute atomic E-state index is 0.772. The average Bonchev–Trinajstić information content (AvgIpc) is 2.29. The predicted octanol–water partition coefficient (Wildman–Crippen LogP) is 1.96. The molecule has 74 valence electrons. The highest BCUT2D eigenvalue weighted by molar-refractivity contribution is 5.97. The van der Waals surface area contributed by atoms with Crippen LogP contribution in [0.25, 0.3) is 16.6 Å². The number of nitrogens with two attached hydrogens (primary N) is 1. The zero-order valence-electron chi connectivity index (χ0n) is 8.20. The molecule has 0 saturated carbocycles. The summed E-state index contributed by atoms with van der Waals surface area (Å²) in [6, 6.07) is 8.09. The van der Waals surface area contributed by atoms with Gasteiger partial charge in [-0.2, -0.15) is 0 Å². The van der Waals surface area contributed by atoms with Crippen LogP contribution in [-0.2, 0) is 0 Å². The van der Waals surface area contributed by atoms with Crippen LogP contribution in [0.3, 0.4) is 0 Å². The van der Waals surface area contributed by atoms with Gasteiger partial charge in [-0.15, -0.1) is 0 Å². The molecule has 2 heterocycles.